The van der Waals surface area contributed by atoms with Crippen LogP contribution in [0.4, 0.5) is 0 Å². The molecule has 2 aromatic carbocycles. The van der Waals surface area contributed by atoms with E-state index in [4.69, 9.17) is 19.3 Å². The first-order chi connectivity index (χ1) is 15.8. The molecule has 1 heterocycles. The molecule has 7 heteroatoms. The van der Waals surface area contributed by atoms with E-state index >= 15 is 0 Å². The van der Waals surface area contributed by atoms with Gasteiger partial charge >= 0.3 is 0 Å². The summed E-state index contributed by atoms with van der Waals surface area (Å²) in [5, 5.41) is 0. The molecule has 0 aliphatic carbocycles. The Balaban J connectivity index is 1.85. The minimum absolute atomic E-state index is 0.106. The predicted octanol–water partition coefficient (Wildman–Crippen LogP) is 6.81. The number of aryl methyl sites for hydroxylation is 4. The predicted molar refractivity (Wildman–Crippen MR) is 139 cm³/mol. The zero-order chi connectivity index (χ0) is 25.3. The Hall–Kier alpha value is -2.93. The molecule has 1 atom stereocenters. The van der Waals surface area contributed by atoms with Gasteiger partial charge in [0.25, 0.3) is 0 Å². The Bertz CT molecular complexity index is 1240. The number of benzene rings is 2. The molecule has 0 bridgehead atoms. The summed E-state index contributed by atoms with van der Waals surface area (Å²) in [5.74, 6) is 0.682. The van der Waals surface area contributed by atoms with Crippen molar-refractivity contribution in [3.8, 4) is 5.75 Å². The summed E-state index contributed by atoms with van der Waals surface area (Å²) < 4.78 is 26.0. The van der Waals surface area contributed by atoms with Crippen LogP contribution >= 0.6 is 0 Å². The number of aliphatic imine (C=N–C) groups is 1. The minimum atomic E-state index is -2.96. The number of nitrogens with one attached hydrogen (secondary N) is 3. The number of hydrogen-bond acceptors (Lipinski definition) is 5. The standard InChI is InChI=1S/C27H36N4O2S/c1-17-9-8-10-22(15-17)34(28,29)31-24(32)16-21-11-12-23(27(5,6)7)30-26(21)33-25-19(3)13-18(2)14-20(25)4/h8-10,12-15,21H,11,16H2,1-7H3,(H3,28,29,31,32). The van der Waals surface area contributed by atoms with E-state index in [9.17, 15) is 4.79 Å². The zero-order valence-electron chi connectivity index (χ0n) is 21.2. The number of hydrogen-bond donors (Lipinski definition) is 3. The summed E-state index contributed by atoms with van der Waals surface area (Å²) in [4.78, 5) is 18.3. The van der Waals surface area contributed by atoms with E-state index in [0.29, 0.717) is 17.2 Å². The van der Waals surface area contributed by atoms with Crippen molar-refractivity contribution in [1.29, 1.82) is 9.56 Å². The van der Waals surface area contributed by atoms with Gasteiger partial charge in [0, 0.05) is 38.2 Å². The fraction of sp³-hybridized carbons (Fsp3) is 0.407. The van der Waals surface area contributed by atoms with Crippen LogP contribution < -0.4 is 9.46 Å². The second-order valence-electron chi connectivity index (χ2n) is 10.2. The summed E-state index contributed by atoms with van der Waals surface area (Å²) in [6.07, 6.45) is 2.79. The van der Waals surface area contributed by atoms with Crippen molar-refractivity contribution in [1.82, 2.24) is 4.72 Å². The summed E-state index contributed by atoms with van der Waals surface area (Å²) in [7, 11) is -2.96. The van der Waals surface area contributed by atoms with Crippen molar-refractivity contribution in [3.63, 3.8) is 0 Å². The molecule has 1 unspecified atom stereocenters. The molecule has 0 aromatic heterocycles. The zero-order valence-corrected chi connectivity index (χ0v) is 22.0. The molecule has 34 heavy (non-hydrogen) atoms. The van der Waals surface area contributed by atoms with Crippen LogP contribution in [0.1, 0.15) is 55.9 Å². The summed E-state index contributed by atoms with van der Waals surface area (Å²) >= 11 is 0. The van der Waals surface area contributed by atoms with Crippen molar-refractivity contribution < 1.29 is 9.53 Å². The number of nitrogens with zero attached hydrogens (tertiary/aromatic N) is 1. The number of carbonyl (C=O) groups is 1. The Labute approximate surface area is 204 Å². The molecular formula is C27H36N4O2S. The molecule has 1 aliphatic heterocycles. The molecule has 1 aliphatic rings. The van der Waals surface area contributed by atoms with Crippen LogP contribution in [0, 0.1) is 48.6 Å². The number of carbonyl (C=O) groups excluding carboxylic acids is 1. The van der Waals surface area contributed by atoms with E-state index in [1.54, 1.807) is 12.1 Å². The highest BCUT2D eigenvalue weighted by Gasteiger charge is 2.30. The summed E-state index contributed by atoms with van der Waals surface area (Å²) in [5.41, 5.74) is 4.96. The van der Waals surface area contributed by atoms with Crippen LogP contribution in [0.5, 0.6) is 5.75 Å². The molecule has 1 amide bonds. The highest BCUT2D eigenvalue weighted by atomic mass is 32.2. The molecule has 0 fully saturated rings. The SMILES string of the molecule is Cc1cccc(S(=N)(=N)NC(=O)CC2CC=C(C(C)(C)C)N=C2Oc2c(C)cc(C)cc2C)c1. The highest BCUT2D eigenvalue weighted by molar-refractivity contribution is 7.92. The molecule has 3 N–H and O–H groups in total. The van der Waals surface area contributed by atoms with Gasteiger partial charge in [-0.05, 0) is 62.9 Å². The fourth-order valence-corrected chi connectivity index (χ4v) is 5.28. The maximum Gasteiger partial charge on any atom is 0.232 e. The second-order valence-corrected chi connectivity index (χ2v) is 12.1. The first-order valence-electron chi connectivity index (χ1n) is 11.5. The third-order valence-corrected chi connectivity index (χ3v) is 7.29. The third-order valence-electron chi connectivity index (χ3n) is 5.80. The largest absolute Gasteiger partial charge is 0.442 e. The molecular weight excluding hydrogens is 444 g/mol. The van der Waals surface area contributed by atoms with E-state index in [0.717, 1.165) is 28.1 Å². The average molecular weight is 481 g/mol. The topological polar surface area (TPSA) is 98.4 Å². The monoisotopic (exact) mass is 480 g/mol. The van der Waals surface area contributed by atoms with Gasteiger partial charge in [0.2, 0.25) is 5.91 Å². The first-order valence-corrected chi connectivity index (χ1v) is 13.1. The average Bonchev–Trinajstić information content (AvgIpc) is 2.70. The number of allylic oxidation sites excluding steroid dienone is 2. The van der Waals surface area contributed by atoms with Crippen LogP contribution in [0.2, 0.25) is 0 Å². The van der Waals surface area contributed by atoms with Crippen molar-refractivity contribution in [2.45, 2.75) is 66.2 Å². The van der Waals surface area contributed by atoms with Crippen LogP contribution in [-0.2, 0) is 14.6 Å². The van der Waals surface area contributed by atoms with E-state index < -0.39 is 9.81 Å². The maximum absolute atomic E-state index is 13.0. The third kappa shape index (κ3) is 6.14. The van der Waals surface area contributed by atoms with Crippen molar-refractivity contribution >= 4 is 21.6 Å². The lowest BCUT2D eigenvalue weighted by Crippen LogP contribution is -2.34. The summed E-state index contributed by atoms with van der Waals surface area (Å²) in [6, 6.07) is 11.4. The smallest absolute Gasteiger partial charge is 0.232 e. The van der Waals surface area contributed by atoms with Crippen LogP contribution in [0.3, 0.4) is 0 Å². The molecule has 0 saturated carbocycles. The van der Waals surface area contributed by atoms with Gasteiger partial charge < -0.3 is 4.74 Å². The van der Waals surface area contributed by atoms with E-state index in [2.05, 4.69) is 50.6 Å². The normalized spacial score (nSPS) is 16.5. The lowest BCUT2D eigenvalue weighted by atomic mass is 9.87. The van der Waals surface area contributed by atoms with E-state index in [1.807, 2.05) is 32.9 Å². The van der Waals surface area contributed by atoms with Crippen molar-refractivity contribution in [2.24, 2.45) is 16.3 Å². The molecule has 3 rings (SSSR count). The summed E-state index contributed by atoms with van der Waals surface area (Å²) in [6.45, 7) is 14.3. The van der Waals surface area contributed by atoms with Gasteiger partial charge in [-0.2, -0.15) is 0 Å². The van der Waals surface area contributed by atoms with Gasteiger partial charge in [0.1, 0.15) is 5.75 Å². The Morgan fingerprint density at radius 2 is 1.74 bits per heavy atom. The Morgan fingerprint density at radius 3 is 2.32 bits per heavy atom. The molecule has 0 spiro atoms. The van der Waals surface area contributed by atoms with Gasteiger partial charge in [0.15, 0.2) is 5.90 Å². The second kappa shape index (κ2) is 9.74. The Kier molecular flexibility index (Phi) is 7.36. The van der Waals surface area contributed by atoms with Crippen LogP contribution in [0.15, 0.2) is 58.1 Å². The molecule has 182 valence electrons. The van der Waals surface area contributed by atoms with Crippen molar-refractivity contribution in [3.05, 3.63) is 70.4 Å². The highest BCUT2D eigenvalue weighted by Crippen LogP contribution is 2.34. The number of amides is 1. The lowest BCUT2D eigenvalue weighted by molar-refractivity contribution is -0.119. The van der Waals surface area contributed by atoms with Gasteiger partial charge in [-0.1, -0.05) is 56.7 Å². The fourth-order valence-electron chi connectivity index (χ4n) is 4.09. The van der Waals surface area contributed by atoms with E-state index in [1.165, 1.54) is 5.56 Å². The van der Waals surface area contributed by atoms with E-state index in [-0.39, 0.29) is 23.7 Å². The Morgan fingerprint density at radius 1 is 1.09 bits per heavy atom. The number of ether oxygens (including phenoxy) is 1. The van der Waals surface area contributed by atoms with Gasteiger partial charge in [-0.15, -0.1) is 0 Å². The van der Waals surface area contributed by atoms with Gasteiger partial charge in [-0.3, -0.25) is 9.52 Å². The first kappa shape index (κ1) is 25.7. The molecule has 0 saturated heterocycles. The molecule has 6 nitrogen and oxygen atoms in total. The van der Waals surface area contributed by atoms with Gasteiger partial charge in [0.05, 0.1) is 0 Å². The lowest BCUT2D eigenvalue weighted by Gasteiger charge is -2.28. The molecule has 0 radical (unpaired) electrons. The van der Waals surface area contributed by atoms with Crippen molar-refractivity contribution in [2.75, 3.05) is 0 Å². The van der Waals surface area contributed by atoms with Crippen LogP contribution in [0.25, 0.3) is 0 Å². The van der Waals surface area contributed by atoms with Gasteiger partial charge in [-0.25, -0.2) is 14.6 Å². The molecule has 2 aromatic rings. The quantitative estimate of drug-likeness (QED) is 0.438. The number of rotatable bonds is 5. The maximum atomic E-state index is 13.0. The minimum Gasteiger partial charge on any atom is -0.442 e. The van der Waals surface area contributed by atoms with Crippen LogP contribution in [-0.4, -0.2) is 11.8 Å².